The summed E-state index contributed by atoms with van der Waals surface area (Å²) in [6, 6.07) is 21.7. The SMILES string of the molecule is C=C1CN(S(=O)(=O)c2ccc(C)cc2)CCCN(Cc2ccccc2)CCCN(S(=O)(=O)c2ccccc2[N+](=O)[O-])C1. The third kappa shape index (κ3) is 7.69. The Bertz CT molecular complexity index is 1610. The number of rotatable bonds is 7. The van der Waals surface area contributed by atoms with Crippen LogP contribution in [0.5, 0.6) is 0 Å². The summed E-state index contributed by atoms with van der Waals surface area (Å²) < 4.78 is 57.6. The molecule has 1 aliphatic rings. The van der Waals surface area contributed by atoms with Gasteiger partial charge >= 0.3 is 0 Å². The summed E-state index contributed by atoms with van der Waals surface area (Å²) >= 11 is 0. The van der Waals surface area contributed by atoms with E-state index < -0.39 is 35.6 Å². The molecule has 0 aliphatic carbocycles. The molecule has 3 aromatic rings. The second-order valence-electron chi connectivity index (χ2n) is 10.4. The summed E-state index contributed by atoms with van der Waals surface area (Å²) in [7, 11) is -8.20. The van der Waals surface area contributed by atoms with Crippen molar-refractivity contribution < 1.29 is 21.8 Å². The fourth-order valence-electron chi connectivity index (χ4n) is 4.99. The first-order valence-electron chi connectivity index (χ1n) is 13.7. The van der Waals surface area contributed by atoms with E-state index in [1.165, 1.54) is 26.8 Å². The molecule has 0 spiro atoms. The molecule has 1 heterocycles. The molecule has 0 aromatic heterocycles. The maximum absolute atomic E-state index is 13.8. The number of nitrogens with zero attached hydrogens (tertiary/aromatic N) is 4. The van der Waals surface area contributed by atoms with Crippen LogP contribution in [0.1, 0.15) is 24.0 Å². The van der Waals surface area contributed by atoms with Crippen molar-refractivity contribution in [3.05, 3.63) is 112 Å². The Kier molecular flexibility index (Phi) is 10.3. The van der Waals surface area contributed by atoms with Crippen LogP contribution in [-0.4, -0.2) is 74.5 Å². The molecule has 12 heteroatoms. The summed E-state index contributed by atoms with van der Waals surface area (Å²) in [4.78, 5) is 12.9. The van der Waals surface area contributed by atoms with Gasteiger partial charge in [-0.1, -0.05) is 66.7 Å². The number of hydrogen-bond acceptors (Lipinski definition) is 7. The van der Waals surface area contributed by atoms with E-state index >= 15 is 0 Å². The Balaban J connectivity index is 1.67. The van der Waals surface area contributed by atoms with E-state index in [4.69, 9.17) is 0 Å². The Hall–Kier alpha value is -3.42. The van der Waals surface area contributed by atoms with E-state index in [0.29, 0.717) is 38.0 Å². The molecule has 0 radical (unpaired) electrons. The molecule has 0 N–H and O–H groups in total. The Morgan fingerprint density at radius 3 is 1.90 bits per heavy atom. The highest BCUT2D eigenvalue weighted by atomic mass is 32.2. The molecular weight excluding hydrogens is 576 g/mol. The molecule has 0 saturated carbocycles. The maximum atomic E-state index is 13.8. The van der Waals surface area contributed by atoms with Crippen molar-refractivity contribution in [1.29, 1.82) is 0 Å². The lowest BCUT2D eigenvalue weighted by Gasteiger charge is -2.30. The standard InChI is InChI=1S/C30H36N4O6S2/c1-25-14-16-28(17-15-25)41(37,38)32-20-8-18-31(24-27-10-4-3-5-11-27)19-9-21-33(23-26(2)22-32)42(39,40)30-13-7-6-12-29(30)34(35)36/h3-7,10-17H,2,8-9,18-24H2,1H3. The minimum absolute atomic E-state index is 0.0855. The molecule has 0 atom stereocenters. The van der Waals surface area contributed by atoms with Gasteiger partial charge in [0.1, 0.15) is 0 Å². The van der Waals surface area contributed by atoms with Gasteiger partial charge in [-0.2, -0.15) is 8.61 Å². The molecule has 3 aromatic carbocycles. The van der Waals surface area contributed by atoms with Gasteiger partial charge in [-0.15, -0.1) is 0 Å². The smallest absolute Gasteiger partial charge is 0.289 e. The molecule has 0 bridgehead atoms. The highest BCUT2D eigenvalue weighted by Crippen LogP contribution is 2.28. The molecule has 0 unspecified atom stereocenters. The fourth-order valence-corrected chi connectivity index (χ4v) is 8.15. The summed E-state index contributed by atoms with van der Waals surface area (Å²) in [5.74, 6) is 0. The lowest BCUT2D eigenvalue weighted by Crippen LogP contribution is -2.41. The van der Waals surface area contributed by atoms with Gasteiger partial charge in [0.15, 0.2) is 4.90 Å². The average molecular weight is 613 g/mol. The normalized spacial score (nSPS) is 17.3. The second kappa shape index (κ2) is 13.7. The molecule has 1 saturated heterocycles. The van der Waals surface area contributed by atoms with Gasteiger partial charge in [0, 0.05) is 38.8 Å². The molecule has 1 aliphatic heterocycles. The van der Waals surface area contributed by atoms with E-state index in [2.05, 4.69) is 11.5 Å². The fraction of sp³-hybridized carbons (Fsp3) is 0.333. The largest absolute Gasteiger partial charge is 0.299 e. The molecule has 42 heavy (non-hydrogen) atoms. The summed E-state index contributed by atoms with van der Waals surface area (Å²) in [6.07, 6.45) is 1.05. The van der Waals surface area contributed by atoms with Crippen LogP contribution in [0.2, 0.25) is 0 Å². The van der Waals surface area contributed by atoms with E-state index in [-0.39, 0.29) is 31.1 Å². The Morgan fingerprint density at radius 1 is 0.762 bits per heavy atom. The van der Waals surface area contributed by atoms with Gasteiger partial charge in [0.25, 0.3) is 5.69 Å². The van der Waals surface area contributed by atoms with Crippen LogP contribution < -0.4 is 0 Å². The second-order valence-corrected chi connectivity index (χ2v) is 14.3. The van der Waals surface area contributed by atoms with Crippen molar-refractivity contribution in [3.8, 4) is 0 Å². The van der Waals surface area contributed by atoms with Crippen molar-refractivity contribution in [1.82, 2.24) is 13.5 Å². The zero-order chi connectivity index (χ0) is 30.3. The van der Waals surface area contributed by atoms with Crippen LogP contribution in [0.4, 0.5) is 5.69 Å². The van der Waals surface area contributed by atoms with Crippen LogP contribution in [0.15, 0.2) is 101 Å². The highest BCUT2D eigenvalue weighted by molar-refractivity contribution is 7.89. The first kappa shape index (κ1) is 31.5. The molecule has 224 valence electrons. The van der Waals surface area contributed by atoms with Crippen LogP contribution in [-0.2, 0) is 26.6 Å². The van der Waals surface area contributed by atoms with E-state index in [1.807, 2.05) is 37.3 Å². The first-order chi connectivity index (χ1) is 20.0. The third-order valence-electron chi connectivity index (χ3n) is 7.15. The van der Waals surface area contributed by atoms with Gasteiger partial charge in [-0.05, 0) is 62.2 Å². The molecular formula is C30H36N4O6S2. The summed E-state index contributed by atoms with van der Waals surface area (Å²) in [5, 5.41) is 11.7. The number of aryl methyl sites for hydroxylation is 1. The lowest BCUT2D eigenvalue weighted by molar-refractivity contribution is -0.387. The van der Waals surface area contributed by atoms with Gasteiger partial charge < -0.3 is 0 Å². The number of nitro groups is 1. The monoisotopic (exact) mass is 612 g/mol. The van der Waals surface area contributed by atoms with E-state index in [0.717, 1.165) is 17.2 Å². The Morgan fingerprint density at radius 2 is 1.31 bits per heavy atom. The predicted octanol–water partition coefficient (Wildman–Crippen LogP) is 4.44. The predicted molar refractivity (Wildman–Crippen MR) is 162 cm³/mol. The van der Waals surface area contributed by atoms with Crippen LogP contribution in [0, 0.1) is 17.0 Å². The van der Waals surface area contributed by atoms with Gasteiger partial charge in [-0.3, -0.25) is 15.0 Å². The minimum atomic E-state index is -4.30. The average Bonchev–Trinajstić information content (AvgIpc) is 2.96. The van der Waals surface area contributed by atoms with Crippen molar-refractivity contribution in [2.75, 3.05) is 39.3 Å². The minimum Gasteiger partial charge on any atom is -0.299 e. The van der Waals surface area contributed by atoms with Crippen molar-refractivity contribution >= 4 is 25.7 Å². The molecule has 0 amide bonds. The topological polar surface area (TPSA) is 121 Å². The lowest BCUT2D eigenvalue weighted by atomic mass is 10.2. The maximum Gasteiger partial charge on any atom is 0.289 e. The van der Waals surface area contributed by atoms with Crippen LogP contribution in [0.25, 0.3) is 0 Å². The summed E-state index contributed by atoms with van der Waals surface area (Å²) in [5.41, 5.74) is 1.88. The zero-order valence-electron chi connectivity index (χ0n) is 23.6. The van der Waals surface area contributed by atoms with Gasteiger partial charge in [-0.25, -0.2) is 16.8 Å². The van der Waals surface area contributed by atoms with Gasteiger partial charge in [0.05, 0.1) is 9.82 Å². The number of sulfonamides is 2. The Labute approximate surface area is 248 Å². The highest BCUT2D eigenvalue weighted by Gasteiger charge is 2.33. The third-order valence-corrected chi connectivity index (χ3v) is 10.9. The van der Waals surface area contributed by atoms with Gasteiger partial charge in [0.2, 0.25) is 20.0 Å². The van der Waals surface area contributed by atoms with Crippen molar-refractivity contribution in [3.63, 3.8) is 0 Å². The van der Waals surface area contributed by atoms with Crippen LogP contribution >= 0.6 is 0 Å². The van der Waals surface area contributed by atoms with Crippen molar-refractivity contribution in [2.24, 2.45) is 0 Å². The summed E-state index contributed by atoms with van der Waals surface area (Å²) in [6.45, 7) is 7.73. The number of nitro benzene ring substituents is 1. The number of benzene rings is 3. The molecule has 4 rings (SSSR count). The van der Waals surface area contributed by atoms with E-state index in [9.17, 15) is 26.9 Å². The first-order valence-corrected chi connectivity index (χ1v) is 16.6. The molecule has 1 fully saturated rings. The number of para-hydroxylation sites is 1. The van der Waals surface area contributed by atoms with Crippen LogP contribution in [0.3, 0.4) is 0 Å². The number of hydrogen-bond donors (Lipinski definition) is 0. The zero-order valence-corrected chi connectivity index (χ0v) is 25.3. The van der Waals surface area contributed by atoms with E-state index in [1.54, 1.807) is 24.3 Å². The molecule has 10 nitrogen and oxygen atoms in total. The quantitative estimate of drug-likeness (QED) is 0.220. The van der Waals surface area contributed by atoms with Crippen molar-refractivity contribution in [2.45, 2.75) is 36.1 Å².